The molecule has 0 radical (unpaired) electrons. The molecule has 0 aliphatic carbocycles. The molecule has 0 N–H and O–H groups in total. The van der Waals surface area contributed by atoms with Gasteiger partial charge in [0.15, 0.2) is 5.82 Å². The van der Waals surface area contributed by atoms with Gasteiger partial charge in [-0.15, -0.1) is 5.10 Å². The summed E-state index contributed by atoms with van der Waals surface area (Å²) in [5.74, 6) is 1.01. The first-order chi connectivity index (χ1) is 12.6. The zero-order valence-corrected chi connectivity index (χ0v) is 15.1. The van der Waals surface area contributed by atoms with E-state index in [4.69, 9.17) is 0 Å². The zero-order chi connectivity index (χ0) is 18.1. The predicted molar refractivity (Wildman–Crippen MR) is 104 cm³/mol. The maximum absolute atomic E-state index is 12.8. The fourth-order valence-corrected chi connectivity index (χ4v) is 3.42. The summed E-state index contributed by atoms with van der Waals surface area (Å²) >= 11 is 0. The molecule has 26 heavy (non-hydrogen) atoms. The normalized spacial score (nSPS) is 14.7. The number of carbonyl (C=O) groups excluding carboxylic acids is 1. The number of benzene rings is 2. The number of rotatable bonds is 2. The van der Waals surface area contributed by atoms with E-state index in [2.05, 4.69) is 28.1 Å². The number of hydrogen-bond acceptors (Lipinski definition) is 4. The number of amides is 1. The molecule has 4 rings (SSSR count). The topological polar surface area (TPSA) is 49.3 Å². The van der Waals surface area contributed by atoms with Crippen molar-refractivity contribution in [2.45, 2.75) is 13.8 Å². The van der Waals surface area contributed by atoms with Gasteiger partial charge in [0.2, 0.25) is 0 Å². The Morgan fingerprint density at radius 3 is 2.50 bits per heavy atom. The molecule has 0 spiro atoms. The molecule has 1 aliphatic rings. The highest BCUT2D eigenvalue weighted by atomic mass is 16.2. The van der Waals surface area contributed by atoms with E-state index in [1.165, 1.54) is 5.56 Å². The van der Waals surface area contributed by atoms with E-state index in [1.807, 2.05) is 48.2 Å². The minimum Gasteiger partial charge on any atom is -0.351 e. The number of aryl methyl sites for hydroxylation is 2. The molecule has 5 nitrogen and oxygen atoms in total. The van der Waals surface area contributed by atoms with Crippen LogP contribution in [0.1, 0.15) is 21.5 Å². The Morgan fingerprint density at radius 2 is 1.73 bits per heavy atom. The summed E-state index contributed by atoms with van der Waals surface area (Å²) < 4.78 is 0. The first-order valence-electron chi connectivity index (χ1n) is 8.95. The van der Waals surface area contributed by atoms with Crippen molar-refractivity contribution in [3.8, 4) is 0 Å². The van der Waals surface area contributed by atoms with Crippen LogP contribution in [0.4, 0.5) is 5.82 Å². The Morgan fingerprint density at radius 1 is 0.962 bits per heavy atom. The molecule has 2 aromatic carbocycles. The van der Waals surface area contributed by atoms with Gasteiger partial charge in [0.1, 0.15) is 0 Å². The summed E-state index contributed by atoms with van der Waals surface area (Å²) in [7, 11) is 0. The van der Waals surface area contributed by atoms with E-state index in [-0.39, 0.29) is 5.91 Å². The van der Waals surface area contributed by atoms with Crippen molar-refractivity contribution in [2.24, 2.45) is 0 Å². The average Bonchev–Trinajstić information content (AvgIpc) is 2.69. The summed E-state index contributed by atoms with van der Waals surface area (Å²) in [6.07, 6.45) is 1.79. The van der Waals surface area contributed by atoms with E-state index in [9.17, 15) is 4.79 Å². The van der Waals surface area contributed by atoms with Crippen molar-refractivity contribution < 1.29 is 4.79 Å². The van der Waals surface area contributed by atoms with E-state index in [1.54, 1.807) is 6.20 Å². The van der Waals surface area contributed by atoms with E-state index < -0.39 is 0 Å². The van der Waals surface area contributed by atoms with Crippen LogP contribution in [0.5, 0.6) is 0 Å². The van der Waals surface area contributed by atoms with Crippen LogP contribution < -0.4 is 4.90 Å². The number of hydrogen-bond donors (Lipinski definition) is 0. The van der Waals surface area contributed by atoms with Crippen molar-refractivity contribution in [2.75, 3.05) is 31.1 Å². The van der Waals surface area contributed by atoms with Crippen molar-refractivity contribution in [1.29, 1.82) is 0 Å². The van der Waals surface area contributed by atoms with Gasteiger partial charge >= 0.3 is 0 Å². The van der Waals surface area contributed by atoms with Crippen LogP contribution in [0.25, 0.3) is 10.8 Å². The molecule has 1 aliphatic heterocycles. The third-order valence-electron chi connectivity index (χ3n) is 5.17. The molecular formula is C21H22N4O. The molecule has 2 heterocycles. The van der Waals surface area contributed by atoms with Crippen LogP contribution in [-0.4, -0.2) is 47.2 Å². The number of piperazine rings is 1. The van der Waals surface area contributed by atoms with Gasteiger partial charge < -0.3 is 9.80 Å². The standard InChI is InChI=1S/C21H22N4O/c1-15-7-8-17(13-16(15)2)21(26)25-11-9-24(10-12-25)20-19-6-4-3-5-18(19)14-22-23-20/h3-8,13-14H,9-12H2,1-2H3. The number of aromatic nitrogens is 2. The summed E-state index contributed by atoms with van der Waals surface area (Å²) in [5, 5.41) is 10.7. The summed E-state index contributed by atoms with van der Waals surface area (Å²) in [4.78, 5) is 16.9. The van der Waals surface area contributed by atoms with Crippen molar-refractivity contribution in [3.63, 3.8) is 0 Å². The van der Waals surface area contributed by atoms with Gasteiger partial charge in [0.25, 0.3) is 5.91 Å². The molecule has 0 unspecified atom stereocenters. The van der Waals surface area contributed by atoms with Crippen molar-refractivity contribution in [3.05, 3.63) is 65.4 Å². The fourth-order valence-electron chi connectivity index (χ4n) is 3.42. The van der Waals surface area contributed by atoms with Crippen LogP contribution in [0.15, 0.2) is 48.7 Å². The number of nitrogens with zero attached hydrogens (tertiary/aromatic N) is 4. The number of fused-ring (bicyclic) bond motifs is 1. The Kier molecular flexibility index (Phi) is 4.29. The van der Waals surface area contributed by atoms with E-state index in [0.717, 1.165) is 40.8 Å². The number of anilines is 1. The van der Waals surface area contributed by atoms with Gasteiger partial charge in [-0.05, 0) is 37.1 Å². The monoisotopic (exact) mass is 346 g/mol. The second kappa shape index (κ2) is 6.75. The third-order valence-corrected chi connectivity index (χ3v) is 5.17. The maximum atomic E-state index is 12.8. The lowest BCUT2D eigenvalue weighted by atomic mass is 10.1. The predicted octanol–water partition coefficient (Wildman–Crippen LogP) is 3.21. The second-order valence-electron chi connectivity index (χ2n) is 6.83. The fraction of sp³-hybridized carbons (Fsp3) is 0.286. The molecule has 1 saturated heterocycles. The smallest absolute Gasteiger partial charge is 0.253 e. The van der Waals surface area contributed by atoms with Crippen LogP contribution in [0.2, 0.25) is 0 Å². The van der Waals surface area contributed by atoms with Crippen LogP contribution in [0, 0.1) is 13.8 Å². The van der Waals surface area contributed by atoms with Gasteiger partial charge in [0, 0.05) is 42.5 Å². The van der Waals surface area contributed by atoms with Crippen molar-refractivity contribution in [1.82, 2.24) is 15.1 Å². The highest BCUT2D eigenvalue weighted by Crippen LogP contribution is 2.24. The third kappa shape index (κ3) is 3.01. The summed E-state index contributed by atoms with van der Waals surface area (Å²) in [5.41, 5.74) is 3.13. The van der Waals surface area contributed by atoms with Crippen LogP contribution in [0.3, 0.4) is 0 Å². The van der Waals surface area contributed by atoms with Gasteiger partial charge in [-0.25, -0.2) is 0 Å². The first kappa shape index (κ1) is 16.5. The Balaban J connectivity index is 1.50. The van der Waals surface area contributed by atoms with Crippen LogP contribution >= 0.6 is 0 Å². The quantitative estimate of drug-likeness (QED) is 0.715. The van der Waals surface area contributed by atoms with Crippen LogP contribution in [-0.2, 0) is 0 Å². The Hall–Kier alpha value is -2.95. The minimum absolute atomic E-state index is 0.108. The molecule has 0 atom stereocenters. The SMILES string of the molecule is Cc1ccc(C(=O)N2CCN(c3nncc4ccccc34)CC2)cc1C. The Bertz CT molecular complexity index is 956. The lowest BCUT2D eigenvalue weighted by Gasteiger charge is -2.35. The highest BCUT2D eigenvalue weighted by molar-refractivity contribution is 5.95. The molecule has 1 amide bonds. The lowest BCUT2D eigenvalue weighted by molar-refractivity contribution is 0.0746. The van der Waals surface area contributed by atoms with Crippen molar-refractivity contribution >= 4 is 22.5 Å². The largest absolute Gasteiger partial charge is 0.351 e. The van der Waals surface area contributed by atoms with E-state index >= 15 is 0 Å². The summed E-state index contributed by atoms with van der Waals surface area (Å²) in [6.45, 7) is 7.02. The first-order valence-corrected chi connectivity index (χ1v) is 8.95. The molecule has 5 heteroatoms. The number of carbonyl (C=O) groups is 1. The maximum Gasteiger partial charge on any atom is 0.253 e. The summed E-state index contributed by atoms with van der Waals surface area (Å²) in [6, 6.07) is 14.1. The molecule has 0 bridgehead atoms. The van der Waals surface area contributed by atoms with E-state index in [0.29, 0.717) is 13.1 Å². The highest BCUT2D eigenvalue weighted by Gasteiger charge is 2.24. The average molecular weight is 346 g/mol. The Labute approximate surface area is 153 Å². The molecule has 3 aromatic rings. The molecule has 0 saturated carbocycles. The zero-order valence-electron chi connectivity index (χ0n) is 15.1. The lowest BCUT2D eigenvalue weighted by Crippen LogP contribution is -2.49. The molecule has 1 aromatic heterocycles. The second-order valence-corrected chi connectivity index (χ2v) is 6.83. The molecule has 1 fully saturated rings. The van der Waals surface area contributed by atoms with Gasteiger partial charge in [-0.1, -0.05) is 30.3 Å². The molecular weight excluding hydrogens is 324 g/mol. The molecule has 132 valence electrons. The minimum atomic E-state index is 0.108. The van der Waals surface area contributed by atoms with Gasteiger partial charge in [-0.2, -0.15) is 5.10 Å². The van der Waals surface area contributed by atoms with Gasteiger partial charge in [-0.3, -0.25) is 4.79 Å². The van der Waals surface area contributed by atoms with Gasteiger partial charge in [0.05, 0.1) is 6.20 Å².